The van der Waals surface area contributed by atoms with Crippen LogP contribution in [0.15, 0.2) is 24.3 Å². The van der Waals surface area contributed by atoms with Crippen LogP contribution < -0.4 is 4.74 Å². The van der Waals surface area contributed by atoms with Gasteiger partial charge in [-0.2, -0.15) is 0 Å². The number of ketones is 1. The first kappa shape index (κ1) is 23.9. The molecule has 1 aromatic heterocycles. The van der Waals surface area contributed by atoms with E-state index in [4.69, 9.17) is 21.1 Å². The topological polar surface area (TPSA) is 77.8 Å². The molecule has 0 N–H and O–H groups in total. The first-order valence-corrected chi connectivity index (χ1v) is 11.2. The summed E-state index contributed by atoms with van der Waals surface area (Å²) < 4.78 is 12.6. The van der Waals surface area contributed by atoms with Crippen molar-refractivity contribution >= 4 is 29.3 Å². The highest BCUT2D eigenvalue weighted by molar-refractivity contribution is 6.30. The summed E-state index contributed by atoms with van der Waals surface area (Å²) in [5.74, 6) is -0.341. The molecule has 0 unspecified atom stereocenters. The number of ether oxygens (including phenoxy) is 2. The number of hydrogen-bond acceptors (Lipinski definition) is 5. The van der Waals surface area contributed by atoms with E-state index in [9.17, 15) is 14.4 Å². The summed E-state index contributed by atoms with van der Waals surface area (Å²) in [6, 6.07) is 6.81. The average Bonchev–Trinajstić information content (AvgIpc) is 3.56. The van der Waals surface area contributed by atoms with E-state index < -0.39 is 5.97 Å². The third kappa shape index (κ3) is 5.15. The zero-order chi connectivity index (χ0) is 23.4. The lowest BCUT2D eigenvalue weighted by Crippen LogP contribution is -2.40. The van der Waals surface area contributed by atoms with Crippen LogP contribution in [0.3, 0.4) is 0 Å². The molecule has 3 rings (SSSR count). The Hall–Kier alpha value is -2.80. The zero-order valence-electron chi connectivity index (χ0n) is 18.9. The van der Waals surface area contributed by atoms with Crippen molar-refractivity contribution in [3.05, 3.63) is 51.8 Å². The first-order chi connectivity index (χ1) is 15.3. The van der Waals surface area contributed by atoms with E-state index in [1.54, 1.807) is 47.6 Å². The van der Waals surface area contributed by atoms with Gasteiger partial charge in [-0.15, -0.1) is 0 Å². The normalized spacial score (nSPS) is 13.0. The second kappa shape index (κ2) is 10.2. The number of benzene rings is 1. The molecule has 0 saturated heterocycles. The van der Waals surface area contributed by atoms with E-state index in [-0.39, 0.29) is 37.5 Å². The molecule has 0 atom stereocenters. The molecule has 2 aromatic rings. The van der Waals surface area contributed by atoms with E-state index in [1.165, 1.54) is 0 Å². The Morgan fingerprint density at radius 1 is 1.12 bits per heavy atom. The summed E-state index contributed by atoms with van der Waals surface area (Å²) in [4.78, 5) is 40.2. The highest BCUT2D eigenvalue weighted by Crippen LogP contribution is 2.29. The van der Waals surface area contributed by atoms with E-state index in [2.05, 4.69) is 0 Å². The molecule has 1 aromatic carbocycles. The fourth-order valence-corrected chi connectivity index (χ4v) is 4.09. The molecular weight excluding hydrogens is 432 g/mol. The molecule has 7 nitrogen and oxygen atoms in total. The van der Waals surface area contributed by atoms with Gasteiger partial charge in [0.1, 0.15) is 11.4 Å². The monoisotopic (exact) mass is 460 g/mol. The molecule has 1 aliphatic rings. The molecule has 0 bridgehead atoms. The Morgan fingerprint density at radius 3 is 2.34 bits per heavy atom. The zero-order valence-corrected chi connectivity index (χ0v) is 19.7. The maximum absolute atomic E-state index is 13.3. The highest BCUT2D eigenvalue weighted by Gasteiger charge is 2.35. The van der Waals surface area contributed by atoms with Gasteiger partial charge in [0.05, 0.1) is 13.2 Å². The van der Waals surface area contributed by atoms with Gasteiger partial charge in [-0.05, 0) is 70.4 Å². The van der Waals surface area contributed by atoms with Gasteiger partial charge >= 0.3 is 5.97 Å². The Kier molecular flexibility index (Phi) is 7.61. The predicted octanol–water partition coefficient (Wildman–Crippen LogP) is 4.21. The van der Waals surface area contributed by atoms with Crippen molar-refractivity contribution < 1.29 is 23.9 Å². The van der Waals surface area contributed by atoms with Crippen molar-refractivity contribution in [1.82, 2.24) is 9.47 Å². The Morgan fingerprint density at radius 2 is 1.78 bits per heavy atom. The fraction of sp³-hybridized carbons (Fsp3) is 0.458. The number of hydrogen-bond donors (Lipinski definition) is 0. The Bertz CT molecular complexity index is 1010. The number of carbonyl (C=O) groups excluding carboxylic acids is 3. The van der Waals surface area contributed by atoms with Crippen LogP contribution in [-0.4, -0.2) is 52.9 Å². The van der Waals surface area contributed by atoms with E-state index in [0.29, 0.717) is 39.8 Å². The summed E-state index contributed by atoms with van der Waals surface area (Å²) in [6.45, 7) is 7.82. The van der Waals surface area contributed by atoms with Gasteiger partial charge < -0.3 is 18.9 Å². The maximum atomic E-state index is 13.3. The van der Waals surface area contributed by atoms with Gasteiger partial charge in [-0.1, -0.05) is 11.6 Å². The van der Waals surface area contributed by atoms with Crippen LogP contribution in [0.4, 0.5) is 0 Å². The molecule has 1 heterocycles. The largest absolute Gasteiger partial charge is 0.484 e. The molecule has 0 radical (unpaired) electrons. The van der Waals surface area contributed by atoms with Crippen LogP contribution in [0.1, 0.15) is 58.8 Å². The minimum Gasteiger partial charge on any atom is -0.484 e. The average molecular weight is 461 g/mol. The molecule has 0 aliphatic heterocycles. The van der Waals surface area contributed by atoms with Crippen molar-refractivity contribution in [1.29, 1.82) is 0 Å². The molecule has 32 heavy (non-hydrogen) atoms. The quantitative estimate of drug-likeness (QED) is 0.392. The van der Waals surface area contributed by atoms with Gasteiger partial charge in [-0.25, -0.2) is 4.79 Å². The lowest BCUT2D eigenvalue weighted by molar-refractivity contribution is -0.133. The molecular formula is C24H29ClN2O5. The van der Waals surface area contributed by atoms with Crippen molar-refractivity contribution in [2.75, 3.05) is 19.8 Å². The number of rotatable bonds is 10. The van der Waals surface area contributed by atoms with Crippen LogP contribution in [0.5, 0.6) is 5.75 Å². The number of Topliss-reactive ketones (excluding diaryl/α,β-unsaturated/α-hetero) is 1. The maximum Gasteiger partial charge on any atom is 0.355 e. The molecule has 172 valence electrons. The predicted molar refractivity (Wildman–Crippen MR) is 122 cm³/mol. The van der Waals surface area contributed by atoms with E-state index >= 15 is 0 Å². The lowest BCUT2D eigenvalue weighted by Gasteiger charge is -2.22. The highest BCUT2D eigenvalue weighted by atomic mass is 35.5. The van der Waals surface area contributed by atoms with Crippen molar-refractivity contribution in [2.24, 2.45) is 0 Å². The van der Waals surface area contributed by atoms with Crippen molar-refractivity contribution in [3.8, 4) is 5.75 Å². The second-order valence-corrected chi connectivity index (χ2v) is 8.25. The van der Waals surface area contributed by atoms with Gasteiger partial charge in [0.2, 0.25) is 0 Å². The van der Waals surface area contributed by atoms with Gasteiger partial charge in [-0.3, -0.25) is 9.59 Å². The summed E-state index contributed by atoms with van der Waals surface area (Å²) in [5, 5.41) is 0.584. The van der Waals surface area contributed by atoms with Crippen LogP contribution in [0, 0.1) is 13.8 Å². The number of esters is 1. The minimum atomic E-state index is -0.444. The van der Waals surface area contributed by atoms with Crippen LogP contribution in [-0.2, 0) is 16.1 Å². The number of nitrogens with zero attached hydrogens (tertiary/aromatic N) is 2. The van der Waals surface area contributed by atoms with Crippen LogP contribution in [0.25, 0.3) is 0 Å². The van der Waals surface area contributed by atoms with Gasteiger partial charge in [0.15, 0.2) is 12.4 Å². The second-order valence-electron chi connectivity index (χ2n) is 7.82. The number of aromatic nitrogens is 1. The third-order valence-electron chi connectivity index (χ3n) is 5.63. The van der Waals surface area contributed by atoms with Crippen molar-refractivity contribution in [3.63, 3.8) is 0 Å². The van der Waals surface area contributed by atoms with Crippen LogP contribution in [0.2, 0.25) is 5.02 Å². The van der Waals surface area contributed by atoms with Crippen LogP contribution >= 0.6 is 11.6 Å². The Labute approximate surface area is 193 Å². The molecule has 8 heteroatoms. The standard InChI is InChI=1S/C24H29ClN2O5/c1-5-26-16(4)22(15(3)23(26)24(30)31-6-2)20(28)13-27(18-9-10-18)21(29)14-32-19-11-7-17(25)8-12-19/h7-8,11-12,18H,5-6,9-10,13-14H2,1-4H3. The first-order valence-electron chi connectivity index (χ1n) is 10.9. The van der Waals surface area contributed by atoms with E-state index in [0.717, 1.165) is 12.8 Å². The third-order valence-corrected chi connectivity index (χ3v) is 5.88. The summed E-state index contributed by atoms with van der Waals surface area (Å²) in [7, 11) is 0. The molecule has 0 spiro atoms. The molecule has 1 amide bonds. The number of amides is 1. The van der Waals surface area contributed by atoms with Gasteiger partial charge in [0.25, 0.3) is 5.91 Å². The number of halogens is 1. The summed E-state index contributed by atoms with van der Waals surface area (Å²) in [6.07, 6.45) is 1.73. The lowest BCUT2D eigenvalue weighted by atomic mass is 10.1. The van der Waals surface area contributed by atoms with Gasteiger partial charge in [0, 0.05) is 28.9 Å². The van der Waals surface area contributed by atoms with E-state index in [1.807, 2.05) is 13.8 Å². The molecule has 1 fully saturated rings. The number of carbonyl (C=O) groups is 3. The summed E-state index contributed by atoms with van der Waals surface area (Å²) >= 11 is 5.88. The SMILES string of the molecule is CCOC(=O)c1c(C)c(C(=O)CN(C(=O)COc2ccc(Cl)cc2)C2CC2)c(C)n1CC. The molecule has 1 saturated carbocycles. The molecule has 1 aliphatic carbocycles. The smallest absolute Gasteiger partial charge is 0.355 e. The van der Waals surface area contributed by atoms with Crippen molar-refractivity contribution in [2.45, 2.75) is 53.1 Å². The Balaban J connectivity index is 1.77. The summed E-state index contributed by atoms with van der Waals surface area (Å²) in [5.41, 5.74) is 2.17. The minimum absolute atomic E-state index is 0.0404. The fourth-order valence-electron chi connectivity index (χ4n) is 3.96.